The van der Waals surface area contributed by atoms with Crippen molar-refractivity contribution in [2.75, 3.05) is 27.4 Å². The lowest BCUT2D eigenvalue weighted by atomic mass is 10.4. The van der Waals surface area contributed by atoms with Crippen molar-refractivity contribution in [1.29, 1.82) is 0 Å². The zero-order valence-electron chi connectivity index (χ0n) is 5.26. The second-order valence-electron chi connectivity index (χ2n) is 1.50. The Morgan fingerprint density at radius 3 is 2.11 bits per heavy atom. The predicted molar refractivity (Wildman–Crippen MR) is 36.5 cm³/mol. The van der Waals surface area contributed by atoms with E-state index in [0.29, 0.717) is 6.61 Å². The van der Waals surface area contributed by atoms with Gasteiger partial charge in [0.25, 0.3) is 0 Å². The Morgan fingerprint density at radius 2 is 2.00 bits per heavy atom. The van der Waals surface area contributed by atoms with E-state index in [1.165, 1.54) is 0 Å². The molecule has 1 atom stereocenters. The molecule has 0 amide bonds. The first kappa shape index (κ1) is 11.6. The highest BCUT2D eigenvalue weighted by Crippen LogP contribution is 1.86. The number of aliphatic hydroxyl groups is 1. The van der Waals surface area contributed by atoms with Crippen LogP contribution in [-0.2, 0) is 9.47 Å². The predicted octanol–water partition coefficient (Wildman–Crippen LogP) is 0.276. The summed E-state index contributed by atoms with van der Waals surface area (Å²) in [5.41, 5.74) is 0. The Balaban J connectivity index is 0. The summed E-state index contributed by atoms with van der Waals surface area (Å²) in [6, 6.07) is 0. The minimum Gasteiger partial charge on any atom is -0.394 e. The molecule has 1 unspecified atom stereocenters. The largest absolute Gasteiger partial charge is 0.394 e. The second kappa shape index (κ2) is 7.88. The fraction of sp³-hybridized carbons (Fsp3) is 1.00. The quantitative estimate of drug-likeness (QED) is 0.603. The third-order valence-corrected chi connectivity index (χ3v) is 0.890. The molecule has 0 radical (unpaired) electrons. The molecule has 0 saturated heterocycles. The summed E-state index contributed by atoms with van der Waals surface area (Å²) in [4.78, 5) is 0. The van der Waals surface area contributed by atoms with Gasteiger partial charge in [-0.3, -0.25) is 0 Å². The van der Waals surface area contributed by atoms with E-state index in [9.17, 15) is 0 Å². The molecule has 0 aromatic carbocycles. The number of hydrogen-bond acceptors (Lipinski definition) is 3. The van der Waals surface area contributed by atoms with E-state index in [0.717, 1.165) is 0 Å². The maximum Gasteiger partial charge on any atom is 0.103 e. The number of methoxy groups -OCH3 is 2. The molecule has 3 nitrogen and oxygen atoms in total. The number of aliphatic hydroxyl groups excluding tert-OH is 1. The van der Waals surface area contributed by atoms with Gasteiger partial charge in [0.05, 0.1) is 13.2 Å². The molecule has 0 aliphatic carbocycles. The van der Waals surface area contributed by atoms with Crippen LogP contribution >= 0.6 is 0 Å². The van der Waals surface area contributed by atoms with Gasteiger partial charge >= 0.3 is 0 Å². The van der Waals surface area contributed by atoms with Gasteiger partial charge in [0.15, 0.2) is 0 Å². The highest BCUT2D eigenvalue weighted by Gasteiger charge is 2.01. The van der Waals surface area contributed by atoms with Gasteiger partial charge in [-0.2, -0.15) is 0 Å². The third-order valence-electron chi connectivity index (χ3n) is 0.890. The van der Waals surface area contributed by atoms with Crippen LogP contribution in [0, 0.1) is 0 Å². The van der Waals surface area contributed by atoms with Crippen molar-refractivity contribution in [2.45, 2.75) is 13.5 Å². The normalized spacial score (nSPS) is 12.3. The maximum atomic E-state index is 8.45. The average molecular weight is 136 g/mol. The Hall–Kier alpha value is -0.120. The van der Waals surface area contributed by atoms with Crippen LogP contribution in [0.1, 0.15) is 7.43 Å². The van der Waals surface area contributed by atoms with Gasteiger partial charge < -0.3 is 14.6 Å². The molecule has 3 heteroatoms. The topological polar surface area (TPSA) is 38.7 Å². The summed E-state index contributed by atoms with van der Waals surface area (Å²) in [5.74, 6) is 0. The Morgan fingerprint density at radius 1 is 1.44 bits per heavy atom. The minimum absolute atomic E-state index is 0. The molecule has 0 aromatic heterocycles. The van der Waals surface area contributed by atoms with Gasteiger partial charge in [0, 0.05) is 14.2 Å². The molecule has 0 saturated carbocycles. The van der Waals surface area contributed by atoms with Gasteiger partial charge in [-0.1, -0.05) is 7.43 Å². The van der Waals surface area contributed by atoms with Crippen LogP contribution in [0.4, 0.5) is 0 Å². The first-order valence-electron chi connectivity index (χ1n) is 2.47. The van der Waals surface area contributed by atoms with E-state index in [2.05, 4.69) is 0 Å². The Kier molecular flexibility index (Phi) is 10.2. The molecule has 0 fully saturated rings. The zero-order chi connectivity index (χ0) is 6.41. The van der Waals surface area contributed by atoms with Gasteiger partial charge in [-0.15, -0.1) is 0 Å². The molecular weight excluding hydrogens is 120 g/mol. The van der Waals surface area contributed by atoms with Crippen molar-refractivity contribution in [3.8, 4) is 0 Å². The summed E-state index contributed by atoms with van der Waals surface area (Å²) >= 11 is 0. The van der Waals surface area contributed by atoms with Gasteiger partial charge in [-0.05, 0) is 0 Å². The fourth-order valence-electron chi connectivity index (χ4n) is 0.381. The molecular formula is C6H16O3. The van der Waals surface area contributed by atoms with Crippen molar-refractivity contribution >= 4 is 0 Å². The van der Waals surface area contributed by atoms with Crippen molar-refractivity contribution < 1.29 is 14.6 Å². The van der Waals surface area contributed by atoms with E-state index in [1.807, 2.05) is 0 Å². The summed E-state index contributed by atoms with van der Waals surface area (Å²) in [6.07, 6.45) is -0.167. The van der Waals surface area contributed by atoms with E-state index in [4.69, 9.17) is 14.6 Å². The molecule has 1 N–H and O–H groups in total. The Labute approximate surface area is 56.6 Å². The molecule has 0 aliphatic heterocycles. The molecule has 9 heavy (non-hydrogen) atoms. The average Bonchev–Trinajstić information content (AvgIpc) is 1.83. The lowest BCUT2D eigenvalue weighted by Crippen LogP contribution is -2.21. The SMILES string of the molecule is C.COCC(CO)OC. The Bertz CT molecular complexity index is 43.6. The van der Waals surface area contributed by atoms with Crippen molar-refractivity contribution in [2.24, 2.45) is 0 Å². The molecule has 0 bridgehead atoms. The smallest absolute Gasteiger partial charge is 0.103 e. The van der Waals surface area contributed by atoms with Crippen molar-refractivity contribution in [1.82, 2.24) is 0 Å². The van der Waals surface area contributed by atoms with Crippen LogP contribution in [0.5, 0.6) is 0 Å². The summed E-state index contributed by atoms with van der Waals surface area (Å²) in [7, 11) is 3.11. The van der Waals surface area contributed by atoms with E-state index < -0.39 is 0 Å². The van der Waals surface area contributed by atoms with Crippen LogP contribution in [0.2, 0.25) is 0 Å². The maximum absolute atomic E-state index is 8.45. The van der Waals surface area contributed by atoms with Gasteiger partial charge in [-0.25, -0.2) is 0 Å². The van der Waals surface area contributed by atoms with Crippen molar-refractivity contribution in [3.05, 3.63) is 0 Å². The van der Waals surface area contributed by atoms with Gasteiger partial charge in [0.1, 0.15) is 6.10 Å². The van der Waals surface area contributed by atoms with E-state index in [1.54, 1.807) is 14.2 Å². The monoisotopic (exact) mass is 136 g/mol. The van der Waals surface area contributed by atoms with Crippen LogP contribution < -0.4 is 0 Å². The van der Waals surface area contributed by atoms with Crippen LogP contribution in [-0.4, -0.2) is 38.6 Å². The summed E-state index contributed by atoms with van der Waals surface area (Å²) in [6.45, 7) is 0.470. The van der Waals surface area contributed by atoms with Gasteiger partial charge in [0.2, 0.25) is 0 Å². The number of ether oxygens (including phenoxy) is 2. The summed E-state index contributed by atoms with van der Waals surface area (Å²) in [5, 5.41) is 8.45. The number of rotatable bonds is 4. The molecule has 0 heterocycles. The van der Waals surface area contributed by atoms with Crippen LogP contribution in [0.15, 0.2) is 0 Å². The minimum atomic E-state index is -0.167. The van der Waals surface area contributed by atoms with Crippen LogP contribution in [0.25, 0.3) is 0 Å². The highest BCUT2D eigenvalue weighted by molar-refractivity contribution is 4.49. The molecule has 0 aliphatic rings. The molecule has 58 valence electrons. The first-order valence-corrected chi connectivity index (χ1v) is 2.47. The van der Waals surface area contributed by atoms with Crippen LogP contribution in [0.3, 0.4) is 0 Å². The summed E-state index contributed by atoms with van der Waals surface area (Å²) < 4.78 is 9.47. The molecule has 0 spiro atoms. The number of hydrogen-bond donors (Lipinski definition) is 1. The standard InChI is InChI=1S/C5H12O3.CH4/c1-7-4-5(3-6)8-2;/h5-6H,3-4H2,1-2H3;1H4. The van der Waals surface area contributed by atoms with Crippen molar-refractivity contribution in [3.63, 3.8) is 0 Å². The van der Waals surface area contributed by atoms with E-state index >= 15 is 0 Å². The molecule has 0 rings (SSSR count). The second-order valence-corrected chi connectivity index (χ2v) is 1.50. The molecule has 0 aromatic rings. The lowest BCUT2D eigenvalue weighted by molar-refractivity contribution is -0.00534. The first-order chi connectivity index (χ1) is 3.85. The van der Waals surface area contributed by atoms with E-state index in [-0.39, 0.29) is 20.1 Å². The highest BCUT2D eigenvalue weighted by atomic mass is 16.5. The lowest BCUT2D eigenvalue weighted by Gasteiger charge is -2.08. The zero-order valence-corrected chi connectivity index (χ0v) is 5.26. The third kappa shape index (κ3) is 5.76. The fourth-order valence-corrected chi connectivity index (χ4v) is 0.381.